The second kappa shape index (κ2) is 6.51. The average molecular weight is 259 g/mol. The molecule has 0 radical (unpaired) electrons. The Balaban J connectivity index is 0. The van der Waals surface area contributed by atoms with Crippen LogP contribution in [0.3, 0.4) is 0 Å². The number of H-pyrrole nitrogens is 1. The Labute approximate surface area is 115 Å². The number of nitrogens with zero attached hydrogens (tertiary/aromatic N) is 1. The maximum atomic E-state index is 11.0. The van der Waals surface area contributed by atoms with E-state index in [2.05, 4.69) is 14.5 Å². The minimum Gasteiger partial charge on any atom is -1.00 e. The van der Waals surface area contributed by atoms with E-state index < -0.39 is 19.8 Å². The molecule has 0 aromatic carbocycles. The maximum Gasteiger partial charge on any atom is 1.00 e. The van der Waals surface area contributed by atoms with Gasteiger partial charge in [0.1, 0.15) is 6.04 Å². The van der Waals surface area contributed by atoms with E-state index in [-0.39, 0.29) is 37.4 Å². The van der Waals surface area contributed by atoms with Crippen LogP contribution in [0.25, 0.3) is 0 Å². The van der Waals surface area contributed by atoms with E-state index in [1.165, 1.54) is 12.5 Å². The molecule has 0 aliphatic heterocycles. The predicted molar refractivity (Wildman–Crippen MR) is 49.5 cm³/mol. The zero-order chi connectivity index (χ0) is 11.5. The van der Waals surface area contributed by atoms with E-state index in [1.54, 1.807) is 0 Å². The van der Waals surface area contributed by atoms with Gasteiger partial charge in [0.15, 0.2) is 0 Å². The van der Waals surface area contributed by atoms with Crippen LogP contribution >= 0.6 is 7.82 Å². The number of carbonyl (C=O) groups excluding carboxylic acids is 1. The van der Waals surface area contributed by atoms with Gasteiger partial charge in [-0.05, 0) is 0 Å². The first-order valence-corrected chi connectivity index (χ1v) is 5.43. The van der Waals surface area contributed by atoms with Gasteiger partial charge in [-0.15, -0.1) is 0 Å². The van der Waals surface area contributed by atoms with Crippen LogP contribution in [0.2, 0.25) is 0 Å². The first kappa shape index (κ1) is 15.8. The standard InChI is InChI=1S/C6H10N3O5P.Na.H/c7-5(1-4-2-8-3-9-4)6(10)14-15(11,12)13;;/h2-3,5H,1,7H2,(H,8,9)(H2,11,12,13);;/q;+1;-1/t5-;;/m0../s1. The summed E-state index contributed by atoms with van der Waals surface area (Å²) in [6, 6.07) is -1.14. The minimum absolute atomic E-state index is 0. The molecule has 0 bridgehead atoms. The van der Waals surface area contributed by atoms with Crippen LogP contribution in [0.4, 0.5) is 0 Å². The van der Waals surface area contributed by atoms with E-state index in [9.17, 15) is 9.36 Å². The summed E-state index contributed by atoms with van der Waals surface area (Å²) in [6.07, 6.45) is 2.92. The topological polar surface area (TPSA) is 139 Å². The number of aromatic amines is 1. The molecular formula is C6H11N3NaO5P. The molecule has 0 aliphatic rings. The van der Waals surface area contributed by atoms with Gasteiger partial charge in [-0.1, -0.05) is 0 Å². The van der Waals surface area contributed by atoms with Gasteiger partial charge in [-0.25, -0.2) is 14.3 Å². The fraction of sp³-hybridized carbons (Fsp3) is 0.333. The van der Waals surface area contributed by atoms with Gasteiger partial charge >= 0.3 is 43.3 Å². The summed E-state index contributed by atoms with van der Waals surface area (Å²) in [5.41, 5.74) is 5.92. The average Bonchev–Trinajstić information content (AvgIpc) is 2.53. The predicted octanol–water partition coefficient (Wildman–Crippen LogP) is -3.97. The van der Waals surface area contributed by atoms with Crippen molar-refractivity contribution in [3.05, 3.63) is 18.2 Å². The molecule has 10 heteroatoms. The summed E-state index contributed by atoms with van der Waals surface area (Å²) < 4.78 is 14.1. The molecule has 0 fully saturated rings. The van der Waals surface area contributed by atoms with Crippen LogP contribution in [0.15, 0.2) is 12.5 Å². The summed E-state index contributed by atoms with van der Waals surface area (Å²) in [5.74, 6) is -1.15. The van der Waals surface area contributed by atoms with Crippen molar-refractivity contribution in [1.29, 1.82) is 0 Å². The van der Waals surface area contributed by atoms with E-state index >= 15 is 0 Å². The molecule has 1 heterocycles. The van der Waals surface area contributed by atoms with Gasteiger partial charge in [-0.3, -0.25) is 9.79 Å². The van der Waals surface area contributed by atoms with E-state index in [0.717, 1.165) is 0 Å². The monoisotopic (exact) mass is 259 g/mol. The number of hydrogen-bond acceptors (Lipinski definition) is 5. The molecular weight excluding hydrogens is 248 g/mol. The molecule has 1 aromatic heterocycles. The summed E-state index contributed by atoms with van der Waals surface area (Å²) in [7, 11) is -4.82. The van der Waals surface area contributed by atoms with Crippen molar-refractivity contribution < 1.29 is 54.7 Å². The van der Waals surface area contributed by atoms with Crippen LogP contribution < -0.4 is 35.3 Å². The molecule has 0 aliphatic carbocycles. The minimum atomic E-state index is -4.82. The number of rotatable bonds is 4. The van der Waals surface area contributed by atoms with Crippen LogP contribution in [0.5, 0.6) is 0 Å². The second-order valence-corrected chi connectivity index (χ2v) is 3.95. The van der Waals surface area contributed by atoms with Crippen LogP contribution in [0, 0.1) is 0 Å². The van der Waals surface area contributed by atoms with Gasteiger partial charge in [0.05, 0.1) is 6.33 Å². The van der Waals surface area contributed by atoms with Crippen molar-refractivity contribution in [1.82, 2.24) is 9.97 Å². The zero-order valence-corrected chi connectivity index (χ0v) is 11.4. The number of carbonyl (C=O) groups is 1. The molecule has 16 heavy (non-hydrogen) atoms. The molecule has 1 aromatic rings. The summed E-state index contributed by atoms with van der Waals surface area (Å²) in [6.45, 7) is 0. The number of nitrogens with two attached hydrogens (primary N) is 1. The van der Waals surface area contributed by atoms with Crippen LogP contribution in [-0.4, -0.2) is 31.8 Å². The van der Waals surface area contributed by atoms with E-state index in [1.807, 2.05) is 0 Å². The smallest absolute Gasteiger partial charge is 1.00 e. The summed E-state index contributed by atoms with van der Waals surface area (Å²) in [5, 5.41) is 0. The number of nitrogens with one attached hydrogen (secondary N) is 1. The number of hydrogen-bond donors (Lipinski definition) is 4. The zero-order valence-electron chi connectivity index (χ0n) is 9.53. The normalized spacial score (nSPS) is 12.7. The Morgan fingerprint density at radius 1 is 1.75 bits per heavy atom. The van der Waals surface area contributed by atoms with Crippen molar-refractivity contribution in [2.75, 3.05) is 0 Å². The molecule has 0 spiro atoms. The molecule has 1 rings (SSSR count). The van der Waals surface area contributed by atoms with Gasteiger partial charge < -0.3 is 16.7 Å². The second-order valence-electron chi connectivity index (χ2n) is 2.79. The summed E-state index contributed by atoms with van der Waals surface area (Å²) >= 11 is 0. The van der Waals surface area contributed by atoms with Crippen molar-refractivity contribution in [2.45, 2.75) is 12.5 Å². The first-order chi connectivity index (χ1) is 6.88. The van der Waals surface area contributed by atoms with Crippen molar-refractivity contribution in [2.24, 2.45) is 5.73 Å². The molecule has 0 amide bonds. The Kier molecular flexibility index (Phi) is 6.42. The SMILES string of the molecule is N[C@@H](Cc1cnc[nH]1)C(=O)OP(=O)(O)O.[H-].[Na+]. The molecule has 1 atom stereocenters. The van der Waals surface area contributed by atoms with Crippen molar-refractivity contribution in [3.63, 3.8) is 0 Å². The van der Waals surface area contributed by atoms with Crippen LogP contribution in [-0.2, 0) is 20.3 Å². The number of phosphoric acid groups is 1. The Morgan fingerprint density at radius 2 is 2.38 bits per heavy atom. The molecule has 86 valence electrons. The summed E-state index contributed by atoms with van der Waals surface area (Å²) in [4.78, 5) is 34.1. The fourth-order valence-corrected chi connectivity index (χ4v) is 1.27. The number of aromatic nitrogens is 2. The van der Waals surface area contributed by atoms with Crippen molar-refractivity contribution in [3.8, 4) is 0 Å². The van der Waals surface area contributed by atoms with E-state index in [4.69, 9.17) is 15.5 Å². The Bertz CT molecular complexity index is 383. The van der Waals surface area contributed by atoms with Gasteiger partial charge in [0, 0.05) is 18.3 Å². The van der Waals surface area contributed by atoms with Gasteiger partial charge in [-0.2, -0.15) is 0 Å². The third kappa shape index (κ3) is 5.76. The first-order valence-electron chi connectivity index (χ1n) is 3.90. The maximum absolute atomic E-state index is 11.0. The molecule has 0 unspecified atom stereocenters. The van der Waals surface area contributed by atoms with E-state index in [0.29, 0.717) is 5.69 Å². The van der Waals surface area contributed by atoms with Gasteiger partial charge in [0.2, 0.25) is 0 Å². The van der Waals surface area contributed by atoms with Crippen molar-refractivity contribution >= 4 is 13.8 Å². The third-order valence-corrected chi connectivity index (χ3v) is 1.92. The molecule has 5 N–H and O–H groups in total. The largest absolute Gasteiger partial charge is 1.00 e. The number of phosphoric ester groups is 1. The number of imidazole rings is 1. The Hall–Kier alpha value is -0.210. The fourth-order valence-electron chi connectivity index (χ4n) is 0.901. The Morgan fingerprint density at radius 3 is 2.81 bits per heavy atom. The van der Waals surface area contributed by atoms with Crippen LogP contribution in [0.1, 0.15) is 7.12 Å². The molecule has 0 saturated heterocycles. The molecule has 8 nitrogen and oxygen atoms in total. The third-order valence-electron chi connectivity index (χ3n) is 1.51. The molecule has 0 saturated carbocycles. The quantitative estimate of drug-likeness (QED) is 0.319. The van der Waals surface area contributed by atoms with Gasteiger partial charge in [0.25, 0.3) is 0 Å².